The molecule has 2 N–H and O–H groups in total. The molecule has 0 aliphatic rings. The minimum absolute atomic E-state index is 0.0618. The van der Waals surface area contributed by atoms with E-state index in [9.17, 15) is 14.7 Å². The average Bonchev–Trinajstić information content (AvgIpc) is 3.31. The van der Waals surface area contributed by atoms with Gasteiger partial charge in [0.05, 0.1) is 0 Å². The second-order valence-corrected chi connectivity index (χ2v) is 9.84. The van der Waals surface area contributed by atoms with Crippen molar-refractivity contribution in [1.29, 1.82) is 0 Å². The maximum Gasteiger partial charge on any atom is 0.251 e. The van der Waals surface area contributed by atoms with Gasteiger partial charge >= 0.3 is 0 Å². The number of nitrogens with zero attached hydrogens (tertiary/aromatic N) is 5. The van der Waals surface area contributed by atoms with E-state index in [1.165, 1.54) is 21.8 Å². The second-order valence-electron chi connectivity index (χ2n) is 9.84. The highest BCUT2D eigenvalue weighted by atomic mass is 16.3. The molecule has 2 amide bonds. The Morgan fingerprint density at radius 2 is 1.62 bits per heavy atom. The van der Waals surface area contributed by atoms with E-state index >= 15 is 0 Å². The topological polar surface area (TPSA) is 113 Å². The number of rotatable bonds is 7. The monoisotopic (exact) mass is 498 g/mol. The van der Waals surface area contributed by atoms with E-state index in [-0.39, 0.29) is 18.2 Å². The van der Waals surface area contributed by atoms with Gasteiger partial charge in [-0.25, -0.2) is 0 Å². The summed E-state index contributed by atoms with van der Waals surface area (Å²) in [6, 6.07) is 21.9. The summed E-state index contributed by atoms with van der Waals surface area (Å²) >= 11 is 0. The summed E-state index contributed by atoms with van der Waals surface area (Å²) in [5.41, 5.74) is 2.44. The molecule has 0 spiro atoms. The number of aromatic nitrogens is 4. The molecule has 1 aromatic heterocycles. The van der Waals surface area contributed by atoms with Crippen molar-refractivity contribution in [2.45, 2.75) is 45.8 Å². The molecule has 1 atom stereocenters. The fraction of sp³-hybridized carbons (Fsp3) is 0.250. The molecule has 9 heteroatoms. The van der Waals surface area contributed by atoms with Gasteiger partial charge in [-0.05, 0) is 62.7 Å². The summed E-state index contributed by atoms with van der Waals surface area (Å²) in [4.78, 5) is 30.1. The summed E-state index contributed by atoms with van der Waals surface area (Å²) < 4.78 is 0. The smallest absolute Gasteiger partial charge is 0.251 e. The Bertz CT molecular complexity index is 1360. The van der Waals surface area contributed by atoms with Crippen molar-refractivity contribution in [3.63, 3.8) is 0 Å². The standard InChI is InChI=1S/C28H30N6O3/c1-19-10-12-21(13-11-19)26-30-32-33(31-26)18-24(36)34(22-8-6-5-7-9-22)25(27(37)29-28(2,3)4)20-14-16-23(35)17-15-20/h5-17,25,35H,18H2,1-4H3,(H,29,37)/t25-/m1/s1. The van der Waals surface area contributed by atoms with Crippen molar-refractivity contribution < 1.29 is 14.7 Å². The third-order valence-corrected chi connectivity index (χ3v) is 5.56. The zero-order chi connectivity index (χ0) is 26.6. The molecule has 37 heavy (non-hydrogen) atoms. The molecule has 9 nitrogen and oxygen atoms in total. The quantitative estimate of drug-likeness (QED) is 0.398. The molecule has 0 fully saturated rings. The largest absolute Gasteiger partial charge is 0.508 e. The van der Waals surface area contributed by atoms with E-state index in [1.807, 2.05) is 58.0 Å². The Balaban J connectivity index is 1.71. The van der Waals surface area contributed by atoms with Crippen molar-refractivity contribution in [2.24, 2.45) is 0 Å². The number of hydrogen-bond acceptors (Lipinski definition) is 6. The number of para-hydroxylation sites is 1. The number of anilines is 1. The molecular formula is C28H30N6O3. The minimum Gasteiger partial charge on any atom is -0.508 e. The summed E-state index contributed by atoms with van der Waals surface area (Å²) in [5.74, 6) is -0.296. The first kappa shape index (κ1) is 25.6. The van der Waals surface area contributed by atoms with Crippen LogP contribution in [0.25, 0.3) is 11.4 Å². The third kappa shape index (κ3) is 6.38. The van der Waals surface area contributed by atoms with E-state index in [2.05, 4.69) is 20.7 Å². The second kappa shape index (κ2) is 10.6. The summed E-state index contributed by atoms with van der Waals surface area (Å²) in [7, 11) is 0. The van der Waals surface area contributed by atoms with Gasteiger partial charge in [-0.1, -0.05) is 60.2 Å². The molecule has 0 aliphatic heterocycles. The van der Waals surface area contributed by atoms with Gasteiger partial charge in [0.2, 0.25) is 11.7 Å². The van der Waals surface area contributed by atoms with Gasteiger partial charge in [-0.15, -0.1) is 10.2 Å². The van der Waals surface area contributed by atoms with Crippen LogP contribution in [0.1, 0.15) is 37.9 Å². The number of carbonyl (C=O) groups is 2. The van der Waals surface area contributed by atoms with Crippen LogP contribution in [-0.4, -0.2) is 42.7 Å². The van der Waals surface area contributed by atoms with Crippen LogP contribution in [0.3, 0.4) is 0 Å². The summed E-state index contributed by atoms with van der Waals surface area (Å²) in [5, 5.41) is 25.4. The molecule has 190 valence electrons. The molecule has 0 unspecified atom stereocenters. The SMILES string of the molecule is Cc1ccc(-c2nnn(CC(=O)N(c3ccccc3)[C@@H](C(=O)NC(C)(C)C)c3ccc(O)cc3)n2)cc1. The van der Waals surface area contributed by atoms with Crippen LogP contribution < -0.4 is 10.2 Å². The van der Waals surface area contributed by atoms with Crippen molar-refractivity contribution in [1.82, 2.24) is 25.5 Å². The Morgan fingerprint density at radius 3 is 2.24 bits per heavy atom. The maximum absolute atomic E-state index is 13.8. The minimum atomic E-state index is -1.00. The zero-order valence-corrected chi connectivity index (χ0v) is 21.3. The predicted molar refractivity (Wildman–Crippen MR) is 141 cm³/mol. The van der Waals surface area contributed by atoms with Gasteiger partial charge in [-0.3, -0.25) is 14.5 Å². The number of phenols is 1. The summed E-state index contributed by atoms with van der Waals surface area (Å²) in [6.07, 6.45) is 0. The highest BCUT2D eigenvalue weighted by molar-refractivity contribution is 6.01. The summed E-state index contributed by atoms with van der Waals surface area (Å²) in [6.45, 7) is 7.38. The maximum atomic E-state index is 13.8. The number of aryl methyl sites for hydroxylation is 1. The van der Waals surface area contributed by atoms with Crippen LogP contribution in [0.5, 0.6) is 5.75 Å². The highest BCUT2D eigenvalue weighted by Gasteiger charge is 2.34. The Morgan fingerprint density at radius 1 is 0.973 bits per heavy atom. The van der Waals surface area contributed by atoms with Crippen molar-refractivity contribution in [3.8, 4) is 17.1 Å². The number of amides is 2. The van der Waals surface area contributed by atoms with Crippen molar-refractivity contribution >= 4 is 17.5 Å². The lowest BCUT2D eigenvalue weighted by Crippen LogP contribution is -2.50. The number of aromatic hydroxyl groups is 1. The van der Waals surface area contributed by atoms with Crippen LogP contribution in [0.15, 0.2) is 78.9 Å². The first-order chi connectivity index (χ1) is 17.6. The van der Waals surface area contributed by atoms with E-state index in [1.54, 1.807) is 36.4 Å². The van der Waals surface area contributed by atoms with Crippen LogP contribution in [0, 0.1) is 6.92 Å². The number of benzene rings is 3. The number of nitrogens with one attached hydrogen (secondary N) is 1. The molecule has 3 aromatic carbocycles. The van der Waals surface area contributed by atoms with Crippen molar-refractivity contribution in [3.05, 3.63) is 90.0 Å². The highest BCUT2D eigenvalue weighted by Crippen LogP contribution is 2.30. The Kier molecular flexibility index (Phi) is 7.33. The molecule has 0 saturated heterocycles. The first-order valence-corrected chi connectivity index (χ1v) is 11.9. The van der Waals surface area contributed by atoms with E-state index in [4.69, 9.17) is 0 Å². The lowest BCUT2D eigenvalue weighted by molar-refractivity contribution is -0.128. The normalized spacial score (nSPS) is 12.1. The molecule has 0 bridgehead atoms. The molecule has 1 heterocycles. The van der Waals surface area contributed by atoms with Crippen LogP contribution in [-0.2, 0) is 16.1 Å². The molecular weight excluding hydrogens is 468 g/mol. The molecule has 0 saturated carbocycles. The van der Waals surface area contributed by atoms with Gasteiger partial charge in [0.25, 0.3) is 5.91 Å². The Hall–Kier alpha value is -4.53. The lowest BCUT2D eigenvalue weighted by Gasteiger charge is -2.33. The first-order valence-electron chi connectivity index (χ1n) is 11.9. The fourth-order valence-electron chi connectivity index (χ4n) is 3.86. The molecule has 4 rings (SSSR count). The van der Waals surface area contributed by atoms with E-state index < -0.39 is 17.5 Å². The third-order valence-electron chi connectivity index (χ3n) is 5.56. The number of tetrazole rings is 1. The average molecular weight is 499 g/mol. The van der Waals surface area contributed by atoms with Gasteiger partial charge < -0.3 is 10.4 Å². The molecule has 4 aromatic rings. The Labute approximate surface area is 215 Å². The van der Waals surface area contributed by atoms with Gasteiger partial charge in [0.15, 0.2) is 0 Å². The van der Waals surface area contributed by atoms with Crippen LogP contribution >= 0.6 is 0 Å². The number of hydrogen-bond donors (Lipinski definition) is 2. The van der Waals surface area contributed by atoms with E-state index in [0.29, 0.717) is 17.1 Å². The van der Waals surface area contributed by atoms with Gasteiger partial charge in [-0.2, -0.15) is 4.80 Å². The number of carbonyl (C=O) groups excluding carboxylic acids is 2. The van der Waals surface area contributed by atoms with Gasteiger partial charge in [0, 0.05) is 16.8 Å². The predicted octanol–water partition coefficient (Wildman–Crippen LogP) is 4.04. The number of phenolic OH excluding ortho intramolecular Hbond substituents is 1. The fourth-order valence-corrected chi connectivity index (χ4v) is 3.86. The lowest BCUT2D eigenvalue weighted by atomic mass is 10.0. The van der Waals surface area contributed by atoms with Crippen LogP contribution in [0.4, 0.5) is 5.69 Å². The van der Waals surface area contributed by atoms with Crippen molar-refractivity contribution in [2.75, 3.05) is 4.90 Å². The van der Waals surface area contributed by atoms with Crippen LogP contribution in [0.2, 0.25) is 0 Å². The van der Waals surface area contributed by atoms with Gasteiger partial charge in [0.1, 0.15) is 18.3 Å². The molecule has 0 radical (unpaired) electrons. The zero-order valence-electron chi connectivity index (χ0n) is 21.3. The van der Waals surface area contributed by atoms with E-state index in [0.717, 1.165) is 11.1 Å². The molecule has 0 aliphatic carbocycles.